The highest BCUT2D eigenvalue weighted by atomic mass is 35.5. The Morgan fingerprint density at radius 3 is 2.56 bits per heavy atom. The molecule has 0 aliphatic rings. The Kier molecular flexibility index (Phi) is 4.03. The van der Waals surface area contributed by atoms with Crippen LogP contribution in [-0.2, 0) is 0 Å². The van der Waals surface area contributed by atoms with E-state index >= 15 is 0 Å². The number of fused-ring (bicyclic) bond motifs is 1. The highest BCUT2D eigenvalue weighted by Crippen LogP contribution is 2.33. The number of aryl methyl sites for hydroxylation is 1. The molecule has 0 atom stereocenters. The smallest absolute Gasteiger partial charge is 0.233 e. The second-order valence-corrected chi connectivity index (χ2v) is 6.33. The van der Waals surface area contributed by atoms with Crippen molar-refractivity contribution in [3.8, 4) is 17.3 Å². The highest BCUT2D eigenvalue weighted by Gasteiger charge is 2.14. The summed E-state index contributed by atoms with van der Waals surface area (Å²) >= 11 is 12.1. The van der Waals surface area contributed by atoms with Crippen molar-refractivity contribution in [2.24, 2.45) is 0 Å². The molecule has 0 amide bonds. The van der Waals surface area contributed by atoms with Crippen LogP contribution in [0.2, 0.25) is 10.0 Å². The van der Waals surface area contributed by atoms with Crippen LogP contribution < -0.4 is 4.74 Å². The molecule has 0 saturated carbocycles. The molecule has 0 saturated heterocycles. The predicted molar refractivity (Wildman–Crippen MR) is 97.9 cm³/mol. The van der Waals surface area contributed by atoms with Gasteiger partial charge in [-0.1, -0.05) is 40.9 Å². The predicted octanol–water partition coefficient (Wildman–Crippen LogP) is 5.22. The van der Waals surface area contributed by atoms with Crippen LogP contribution in [0.4, 0.5) is 0 Å². The summed E-state index contributed by atoms with van der Waals surface area (Å²) in [6.45, 7) is 2.04. The zero-order chi connectivity index (χ0) is 17.4. The molecule has 0 fully saturated rings. The molecule has 2 aromatic carbocycles. The third kappa shape index (κ3) is 3.04. The second-order valence-electron chi connectivity index (χ2n) is 5.48. The summed E-state index contributed by atoms with van der Waals surface area (Å²) in [5.74, 6) is 0.849. The van der Waals surface area contributed by atoms with Crippen LogP contribution in [0.25, 0.3) is 16.7 Å². The van der Waals surface area contributed by atoms with E-state index in [0.717, 1.165) is 5.69 Å². The van der Waals surface area contributed by atoms with Gasteiger partial charge < -0.3 is 4.74 Å². The topological polar surface area (TPSA) is 52.8 Å². The lowest BCUT2D eigenvalue weighted by Crippen LogP contribution is -1.98. The average Bonchev–Trinajstić information content (AvgIpc) is 3.03. The molecular weight excluding hydrogens is 359 g/mol. The van der Waals surface area contributed by atoms with Crippen LogP contribution in [0.3, 0.4) is 0 Å². The molecule has 5 nitrogen and oxygen atoms in total. The Bertz CT molecular complexity index is 1060. The largest absolute Gasteiger partial charge is 0.437 e. The van der Waals surface area contributed by atoms with Gasteiger partial charge >= 0.3 is 0 Å². The van der Waals surface area contributed by atoms with Crippen LogP contribution in [0.1, 0.15) is 5.56 Å². The molecule has 7 heteroatoms. The van der Waals surface area contributed by atoms with Gasteiger partial charge in [0.25, 0.3) is 0 Å². The molecule has 25 heavy (non-hydrogen) atoms. The minimum atomic E-state index is 0.382. The van der Waals surface area contributed by atoms with Gasteiger partial charge in [0.1, 0.15) is 17.5 Å². The minimum absolute atomic E-state index is 0.382. The molecule has 0 N–H and O–H groups in total. The second kappa shape index (κ2) is 6.35. The van der Waals surface area contributed by atoms with Crippen molar-refractivity contribution in [3.63, 3.8) is 0 Å². The Morgan fingerprint density at radius 2 is 1.80 bits per heavy atom. The summed E-state index contributed by atoms with van der Waals surface area (Å²) in [7, 11) is 0. The third-order valence-electron chi connectivity index (χ3n) is 3.71. The molecule has 124 valence electrons. The molecule has 0 bridgehead atoms. The van der Waals surface area contributed by atoms with E-state index in [4.69, 9.17) is 27.9 Å². The highest BCUT2D eigenvalue weighted by molar-refractivity contribution is 6.35. The van der Waals surface area contributed by atoms with Crippen LogP contribution in [0, 0.1) is 6.92 Å². The van der Waals surface area contributed by atoms with E-state index < -0.39 is 0 Å². The molecule has 0 aliphatic heterocycles. The van der Waals surface area contributed by atoms with Gasteiger partial charge in [-0.15, -0.1) is 0 Å². The Balaban J connectivity index is 1.77. The van der Waals surface area contributed by atoms with E-state index in [2.05, 4.69) is 15.1 Å². The minimum Gasteiger partial charge on any atom is -0.437 e. The van der Waals surface area contributed by atoms with Gasteiger partial charge in [0.15, 0.2) is 5.65 Å². The molecule has 0 aliphatic carbocycles. The van der Waals surface area contributed by atoms with Gasteiger partial charge in [0.2, 0.25) is 5.88 Å². The van der Waals surface area contributed by atoms with Crippen molar-refractivity contribution < 1.29 is 4.74 Å². The number of hydrogen-bond donors (Lipinski definition) is 0. The molecule has 0 radical (unpaired) electrons. The van der Waals surface area contributed by atoms with Crippen molar-refractivity contribution in [2.45, 2.75) is 6.92 Å². The molecule has 4 rings (SSSR count). The number of nitrogens with zero attached hydrogens (tertiary/aromatic N) is 4. The fourth-order valence-corrected chi connectivity index (χ4v) is 2.89. The van der Waals surface area contributed by atoms with E-state index in [1.54, 1.807) is 29.1 Å². The lowest BCUT2D eigenvalue weighted by Gasteiger charge is -2.08. The average molecular weight is 371 g/mol. The number of rotatable bonds is 3. The third-order valence-corrected chi connectivity index (χ3v) is 4.24. The normalized spacial score (nSPS) is 11.0. The Morgan fingerprint density at radius 1 is 1.00 bits per heavy atom. The monoisotopic (exact) mass is 370 g/mol. The first-order chi connectivity index (χ1) is 12.1. The molecule has 0 unspecified atom stereocenters. The first-order valence-corrected chi connectivity index (χ1v) is 8.26. The molecule has 4 aromatic rings. The SMILES string of the molecule is Cc1ccc(-n2ncc3c(Oc4ccc(Cl)cc4Cl)ncnc32)cc1. The lowest BCUT2D eigenvalue weighted by molar-refractivity contribution is 0.468. The van der Waals surface area contributed by atoms with Gasteiger partial charge in [-0.3, -0.25) is 0 Å². The van der Waals surface area contributed by atoms with Gasteiger partial charge in [-0.2, -0.15) is 5.10 Å². The maximum Gasteiger partial charge on any atom is 0.233 e. The summed E-state index contributed by atoms with van der Waals surface area (Å²) in [5.41, 5.74) is 2.74. The maximum atomic E-state index is 6.17. The number of benzene rings is 2. The van der Waals surface area contributed by atoms with Crippen molar-refractivity contribution in [1.29, 1.82) is 0 Å². The number of ether oxygens (including phenoxy) is 1. The van der Waals surface area contributed by atoms with Gasteiger partial charge in [-0.25, -0.2) is 14.6 Å². The van der Waals surface area contributed by atoms with Crippen LogP contribution >= 0.6 is 23.2 Å². The summed E-state index contributed by atoms with van der Waals surface area (Å²) < 4.78 is 7.59. The zero-order valence-electron chi connectivity index (χ0n) is 13.1. The van der Waals surface area contributed by atoms with E-state index in [1.165, 1.54) is 11.9 Å². The lowest BCUT2D eigenvalue weighted by atomic mass is 10.2. The standard InChI is InChI=1S/C18H12Cl2N4O/c1-11-2-5-13(6-3-11)24-17-14(9-23-24)18(22-10-21-17)25-16-7-4-12(19)8-15(16)20/h2-10H,1H3. The number of hydrogen-bond acceptors (Lipinski definition) is 4. The maximum absolute atomic E-state index is 6.17. The van der Waals surface area contributed by atoms with Gasteiger partial charge in [0.05, 0.1) is 16.9 Å². The Hall–Kier alpha value is -2.63. The summed E-state index contributed by atoms with van der Waals surface area (Å²) in [5, 5.41) is 6.05. The van der Waals surface area contributed by atoms with E-state index in [1.807, 2.05) is 31.2 Å². The zero-order valence-corrected chi connectivity index (χ0v) is 14.7. The van der Waals surface area contributed by atoms with Gasteiger partial charge in [-0.05, 0) is 37.3 Å². The summed E-state index contributed by atoms with van der Waals surface area (Å²) in [6, 6.07) is 13.0. The summed E-state index contributed by atoms with van der Waals surface area (Å²) in [6.07, 6.45) is 3.11. The molecule has 0 spiro atoms. The Labute approximate surface area is 153 Å². The van der Waals surface area contributed by atoms with Crippen LogP contribution in [0.5, 0.6) is 11.6 Å². The molecule has 2 aromatic heterocycles. The number of aromatic nitrogens is 4. The van der Waals surface area contributed by atoms with E-state index in [0.29, 0.717) is 32.7 Å². The quantitative estimate of drug-likeness (QED) is 0.495. The molecule has 2 heterocycles. The number of halogens is 2. The fraction of sp³-hybridized carbons (Fsp3) is 0.0556. The van der Waals surface area contributed by atoms with Gasteiger partial charge in [0, 0.05) is 5.02 Å². The first-order valence-electron chi connectivity index (χ1n) is 7.50. The summed E-state index contributed by atoms with van der Waals surface area (Å²) in [4.78, 5) is 8.54. The van der Waals surface area contributed by atoms with Crippen LogP contribution in [-0.4, -0.2) is 19.7 Å². The van der Waals surface area contributed by atoms with E-state index in [-0.39, 0.29) is 0 Å². The fourth-order valence-electron chi connectivity index (χ4n) is 2.44. The van der Waals surface area contributed by atoms with Crippen LogP contribution in [0.15, 0.2) is 55.0 Å². The van der Waals surface area contributed by atoms with Crippen molar-refractivity contribution in [3.05, 3.63) is 70.6 Å². The van der Waals surface area contributed by atoms with E-state index in [9.17, 15) is 0 Å². The van der Waals surface area contributed by atoms with Crippen molar-refractivity contribution in [2.75, 3.05) is 0 Å². The van der Waals surface area contributed by atoms with Crippen molar-refractivity contribution in [1.82, 2.24) is 19.7 Å². The first kappa shape index (κ1) is 15.9. The van der Waals surface area contributed by atoms with Crippen molar-refractivity contribution >= 4 is 34.2 Å². The molecular formula is C18H12Cl2N4O.